The van der Waals surface area contributed by atoms with Crippen LogP contribution in [0.5, 0.6) is 0 Å². The van der Waals surface area contributed by atoms with Gasteiger partial charge in [0.2, 0.25) is 5.91 Å². The van der Waals surface area contributed by atoms with Crippen molar-refractivity contribution in [3.05, 3.63) is 24.2 Å². The Balaban J connectivity index is 2.13. The summed E-state index contributed by atoms with van der Waals surface area (Å²) >= 11 is 0. The predicted octanol–water partition coefficient (Wildman–Crippen LogP) is 0.725. The molecule has 6 heteroatoms. The zero-order chi connectivity index (χ0) is 14.5. The van der Waals surface area contributed by atoms with E-state index >= 15 is 0 Å². The van der Waals surface area contributed by atoms with E-state index < -0.39 is 6.04 Å². The highest BCUT2D eigenvalue weighted by Gasteiger charge is 2.34. The van der Waals surface area contributed by atoms with Crippen LogP contribution in [0, 0.1) is 0 Å². The molecule has 1 atom stereocenters. The van der Waals surface area contributed by atoms with Crippen LogP contribution in [0.3, 0.4) is 0 Å². The summed E-state index contributed by atoms with van der Waals surface area (Å²) in [6, 6.07) is 2.81. The van der Waals surface area contributed by atoms with Gasteiger partial charge < -0.3 is 19.3 Å². The van der Waals surface area contributed by atoms with Gasteiger partial charge in [0.1, 0.15) is 6.04 Å². The fraction of sp³-hybridized carbons (Fsp3) is 0.571. The van der Waals surface area contributed by atoms with Crippen LogP contribution < -0.4 is 0 Å². The third kappa shape index (κ3) is 3.01. The van der Waals surface area contributed by atoms with Crippen molar-refractivity contribution in [1.29, 1.82) is 0 Å². The molecule has 0 aliphatic carbocycles. The van der Waals surface area contributed by atoms with Gasteiger partial charge in [-0.3, -0.25) is 9.59 Å². The molecule has 2 heterocycles. The number of likely N-dealkylation sites (N-methyl/N-ethyl adjacent to an activating group) is 1. The van der Waals surface area contributed by atoms with E-state index in [4.69, 9.17) is 9.52 Å². The summed E-state index contributed by atoms with van der Waals surface area (Å²) < 4.78 is 5.13. The molecule has 0 saturated carbocycles. The predicted molar refractivity (Wildman–Crippen MR) is 72.1 cm³/mol. The molecule has 20 heavy (non-hydrogen) atoms. The van der Waals surface area contributed by atoms with Crippen molar-refractivity contribution < 1.29 is 19.1 Å². The Kier molecular flexibility index (Phi) is 4.79. The van der Waals surface area contributed by atoms with Crippen LogP contribution in [0.15, 0.2) is 22.8 Å². The summed E-state index contributed by atoms with van der Waals surface area (Å²) in [5.41, 5.74) is 0. The van der Waals surface area contributed by atoms with Gasteiger partial charge in [0.05, 0.1) is 12.9 Å². The Morgan fingerprint density at radius 2 is 2.30 bits per heavy atom. The Hall–Kier alpha value is -1.82. The molecule has 1 fully saturated rings. The van der Waals surface area contributed by atoms with Gasteiger partial charge in [-0.05, 0) is 31.4 Å². The number of furan rings is 1. The number of nitrogens with zero attached hydrogens (tertiary/aromatic N) is 2. The van der Waals surface area contributed by atoms with Crippen LogP contribution >= 0.6 is 0 Å². The second-order valence-electron chi connectivity index (χ2n) is 4.97. The van der Waals surface area contributed by atoms with E-state index in [1.54, 1.807) is 24.1 Å². The van der Waals surface area contributed by atoms with Crippen LogP contribution in [0.2, 0.25) is 0 Å². The summed E-state index contributed by atoms with van der Waals surface area (Å²) in [6.45, 7) is 0.752. The van der Waals surface area contributed by atoms with Gasteiger partial charge in [-0.1, -0.05) is 0 Å². The lowest BCUT2D eigenvalue weighted by atomic mass is 10.0. The van der Waals surface area contributed by atoms with Crippen molar-refractivity contribution in [2.45, 2.75) is 25.3 Å². The highest BCUT2D eigenvalue weighted by Crippen LogP contribution is 2.21. The summed E-state index contributed by atoms with van der Waals surface area (Å²) in [4.78, 5) is 27.8. The van der Waals surface area contributed by atoms with Crippen LogP contribution in [-0.2, 0) is 4.79 Å². The monoisotopic (exact) mass is 280 g/mol. The second kappa shape index (κ2) is 6.56. The van der Waals surface area contributed by atoms with Crippen LogP contribution in [0.1, 0.15) is 29.8 Å². The lowest BCUT2D eigenvalue weighted by Gasteiger charge is -2.36. The molecule has 0 radical (unpaired) electrons. The average Bonchev–Trinajstić information content (AvgIpc) is 3.00. The highest BCUT2D eigenvalue weighted by molar-refractivity contribution is 5.95. The Morgan fingerprint density at radius 1 is 1.50 bits per heavy atom. The Morgan fingerprint density at radius 3 is 2.95 bits per heavy atom. The molecule has 1 saturated heterocycles. The van der Waals surface area contributed by atoms with Gasteiger partial charge in [0.25, 0.3) is 5.91 Å². The molecule has 110 valence electrons. The molecule has 0 aromatic carbocycles. The molecular weight excluding hydrogens is 260 g/mol. The van der Waals surface area contributed by atoms with E-state index in [1.165, 1.54) is 11.2 Å². The first-order valence-corrected chi connectivity index (χ1v) is 6.85. The molecule has 0 bridgehead atoms. The summed E-state index contributed by atoms with van der Waals surface area (Å²) in [5.74, 6) is -0.112. The van der Waals surface area contributed by atoms with Crippen molar-refractivity contribution in [3.63, 3.8) is 0 Å². The van der Waals surface area contributed by atoms with Crippen molar-refractivity contribution in [3.8, 4) is 0 Å². The zero-order valence-corrected chi connectivity index (χ0v) is 11.6. The third-order valence-corrected chi connectivity index (χ3v) is 3.59. The molecule has 1 unspecified atom stereocenters. The lowest BCUT2D eigenvalue weighted by Crippen LogP contribution is -2.52. The standard InChI is InChI=1S/C14H20N2O4/c1-15(8-9-17)13(18)11-5-2-3-7-16(11)14(19)12-6-4-10-20-12/h4,6,10-11,17H,2-3,5,7-9H2,1H3. The van der Waals surface area contributed by atoms with E-state index in [9.17, 15) is 9.59 Å². The molecule has 1 aliphatic rings. The summed E-state index contributed by atoms with van der Waals surface area (Å²) in [7, 11) is 1.64. The molecule has 2 rings (SSSR count). The average molecular weight is 280 g/mol. The number of rotatable bonds is 4. The minimum absolute atomic E-state index is 0.0823. The molecule has 1 N–H and O–H groups in total. The second-order valence-corrected chi connectivity index (χ2v) is 4.97. The van der Waals surface area contributed by atoms with Gasteiger partial charge >= 0.3 is 0 Å². The van der Waals surface area contributed by atoms with Gasteiger partial charge in [-0.25, -0.2) is 0 Å². The molecule has 2 amide bonds. The molecule has 1 aromatic heterocycles. The number of hydrogen-bond acceptors (Lipinski definition) is 4. The number of aliphatic hydroxyl groups is 1. The topological polar surface area (TPSA) is 74.0 Å². The number of hydrogen-bond donors (Lipinski definition) is 1. The van der Waals surface area contributed by atoms with Gasteiger partial charge in [0.15, 0.2) is 5.76 Å². The summed E-state index contributed by atoms with van der Waals surface area (Å²) in [5, 5.41) is 8.92. The first-order valence-electron chi connectivity index (χ1n) is 6.85. The smallest absolute Gasteiger partial charge is 0.290 e. The maximum Gasteiger partial charge on any atom is 0.290 e. The van der Waals surface area contributed by atoms with Crippen molar-refractivity contribution >= 4 is 11.8 Å². The van der Waals surface area contributed by atoms with Crippen LogP contribution in [0.4, 0.5) is 0 Å². The van der Waals surface area contributed by atoms with Crippen molar-refractivity contribution in [2.75, 3.05) is 26.7 Å². The number of piperidine rings is 1. The minimum atomic E-state index is -0.460. The van der Waals surface area contributed by atoms with E-state index in [1.807, 2.05) is 0 Å². The molecular formula is C14H20N2O4. The molecule has 1 aliphatic heterocycles. The largest absolute Gasteiger partial charge is 0.459 e. The van der Waals surface area contributed by atoms with E-state index in [2.05, 4.69) is 0 Å². The lowest BCUT2D eigenvalue weighted by molar-refractivity contribution is -0.136. The minimum Gasteiger partial charge on any atom is -0.459 e. The van der Waals surface area contributed by atoms with E-state index in [0.29, 0.717) is 13.0 Å². The SMILES string of the molecule is CN(CCO)C(=O)C1CCCCN1C(=O)c1ccco1. The van der Waals surface area contributed by atoms with Crippen LogP contribution in [-0.4, -0.2) is 59.5 Å². The number of carbonyl (C=O) groups is 2. The van der Waals surface area contributed by atoms with Crippen molar-refractivity contribution in [1.82, 2.24) is 9.80 Å². The number of carbonyl (C=O) groups excluding carboxylic acids is 2. The van der Waals surface area contributed by atoms with Gasteiger partial charge in [-0.15, -0.1) is 0 Å². The first kappa shape index (κ1) is 14.6. The maximum atomic E-state index is 12.4. The fourth-order valence-corrected chi connectivity index (χ4v) is 2.49. The highest BCUT2D eigenvalue weighted by atomic mass is 16.3. The van der Waals surface area contributed by atoms with Crippen LogP contribution in [0.25, 0.3) is 0 Å². The molecule has 1 aromatic rings. The first-order chi connectivity index (χ1) is 9.65. The number of likely N-dealkylation sites (tertiary alicyclic amines) is 1. The summed E-state index contributed by atoms with van der Waals surface area (Å²) in [6.07, 6.45) is 3.91. The van der Waals surface area contributed by atoms with E-state index in [0.717, 1.165) is 12.8 Å². The third-order valence-electron chi connectivity index (χ3n) is 3.59. The van der Waals surface area contributed by atoms with Gasteiger partial charge in [-0.2, -0.15) is 0 Å². The Bertz CT molecular complexity index is 458. The Labute approximate surface area is 118 Å². The van der Waals surface area contributed by atoms with Gasteiger partial charge in [0, 0.05) is 20.1 Å². The number of amides is 2. The maximum absolute atomic E-state index is 12.4. The van der Waals surface area contributed by atoms with Crippen molar-refractivity contribution in [2.24, 2.45) is 0 Å². The zero-order valence-electron chi connectivity index (χ0n) is 11.6. The van der Waals surface area contributed by atoms with E-state index in [-0.39, 0.29) is 30.7 Å². The number of aliphatic hydroxyl groups excluding tert-OH is 1. The normalized spacial score (nSPS) is 18.9. The molecule has 6 nitrogen and oxygen atoms in total. The fourth-order valence-electron chi connectivity index (χ4n) is 2.49. The quantitative estimate of drug-likeness (QED) is 0.882. The molecule has 0 spiro atoms.